The molecule has 0 atom stereocenters. The van der Waals surface area contributed by atoms with Crippen LogP contribution in [0.25, 0.3) is 0 Å². The van der Waals surface area contributed by atoms with E-state index in [0.717, 1.165) is 36.5 Å². The van der Waals surface area contributed by atoms with Gasteiger partial charge in [0.1, 0.15) is 17.1 Å². The number of aromatic nitrogens is 4. The van der Waals surface area contributed by atoms with Crippen LogP contribution in [0.4, 0.5) is 0 Å². The molecule has 1 amide bonds. The summed E-state index contributed by atoms with van der Waals surface area (Å²) >= 11 is 0. The summed E-state index contributed by atoms with van der Waals surface area (Å²) in [6.45, 7) is 8.04. The number of rotatable bonds is 2. The lowest BCUT2D eigenvalue weighted by Crippen LogP contribution is -2.49. The summed E-state index contributed by atoms with van der Waals surface area (Å²) < 4.78 is 6.21. The van der Waals surface area contributed by atoms with Crippen LogP contribution in [0.3, 0.4) is 0 Å². The number of aromatic amines is 1. The average Bonchev–Trinajstić information content (AvgIpc) is 3.13. The van der Waals surface area contributed by atoms with E-state index in [0.29, 0.717) is 31.3 Å². The molecule has 1 saturated heterocycles. The fourth-order valence-electron chi connectivity index (χ4n) is 3.85. The molecule has 0 bridgehead atoms. The maximum atomic E-state index is 12.8. The molecule has 2 aliphatic rings. The number of piperidine rings is 1. The molecule has 0 unspecified atom stereocenters. The van der Waals surface area contributed by atoms with E-state index < -0.39 is 0 Å². The van der Waals surface area contributed by atoms with Crippen molar-refractivity contribution in [3.05, 3.63) is 40.7 Å². The predicted molar refractivity (Wildman–Crippen MR) is 95.9 cm³/mol. The van der Waals surface area contributed by atoms with E-state index in [1.54, 1.807) is 0 Å². The molecule has 7 heteroatoms. The van der Waals surface area contributed by atoms with Gasteiger partial charge in [0, 0.05) is 25.0 Å². The summed E-state index contributed by atoms with van der Waals surface area (Å²) in [6.07, 6.45) is 4.29. The molecule has 7 nitrogen and oxygen atoms in total. The Kier molecular flexibility index (Phi) is 4.26. The second kappa shape index (κ2) is 6.46. The first-order valence-corrected chi connectivity index (χ1v) is 9.30. The van der Waals surface area contributed by atoms with Crippen molar-refractivity contribution in [3.8, 4) is 0 Å². The first-order chi connectivity index (χ1) is 12.5. The number of amides is 1. The quantitative estimate of drug-likeness (QED) is 0.894. The van der Waals surface area contributed by atoms with E-state index in [-0.39, 0.29) is 11.5 Å². The van der Waals surface area contributed by atoms with Gasteiger partial charge in [-0.2, -0.15) is 5.10 Å². The molecule has 2 aliphatic heterocycles. The fraction of sp³-hybridized carbons (Fsp3) is 0.579. The maximum Gasteiger partial charge on any atom is 0.274 e. The molecule has 2 aromatic heterocycles. The summed E-state index contributed by atoms with van der Waals surface area (Å²) in [5, 5.41) is 7.16. The highest BCUT2D eigenvalue weighted by molar-refractivity contribution is 5.92. The Morgan fingerprint density at radius 2 is 2.12 bits per heavy atom. The first-order valence-electron chi connectivity index (χ1n) is 9.30. The van der Waals surface area contributed by atoms with Crippen molar-refractivity contribution in [3.63, 3.8) is 0 Å². The van der Waals surface area contributed by atoms with Crippen LogP contribution >= 0.6 is 0 Å². The number of likely N-dealkylation sites (tertiary alicyclic amines) is 1. The van der Waals surface area contributed by atoms with Crippen molar-refractivity contribution >= 4 is 5.91 Å². The molecule has 1 spiro atoms. The zero-order valence-corrected chi connectivity index (χ0v) is 15.6. The molecule has 0 saturated carbocycles. The number of ether oxygens (including phenoxy) is 1. The van der Waals surface area contributed by atoms with Gasteiger partial charge in [0.15, 0.2) is 0 Å². The molecule has 138 valence electrons. The number of H-pyrrole nitrogens is 1. The van der Waals surface area contributed by atoms with Crippen LogP contribution in [0.2, 0.25) is 0 Å². The van der Waals surface area contributed by atoms with Gasteiger partial charge in [0.05, 0.1) is 12.3 Å². The monoisotopic (exact) mass is 355 g/mol. The normalized spacial score (nSPS) is 19.0. The number of fused-ring (bicyclic) bond motifs is 2. The van der Waals surface area contributed by atoms with E-state index in [4.69, 9.17) is 4.74 Å². The van der Waals surface area contributed by atoms with Gasteiger partial charge >= 0.3 is 0 Å². The van der Waals surface area contributed by atoms with Gasteiger partial charge in [0.25, 0.3) is 5.91 Å². The van der Waals surface area contributed by atoms with Crippen LogP contribution in [0, 0.1) is 6.92 Å². The third-order valence-corrected chi connectivity index (χ3v) is 5.46. The minimum Gasteiger partial charge on any atom is -0.368 e. The van der Waals surface area contributed by atoms with Gasteiger partial charge in [-0.15, -0.1) is 0 Å². The van der Waals surface area contributed by atoms with Gasteiger partial charge in [-0.25, -0.2) is 9.97 Å². The molecule has 26 heavy (non-hydrogen) atoms. The standard InChI is InChI=1S/C19H25N5O2/c1-12(2)15-10-16(23-22-15)18(25)24-7-5-19(6-8-24)17-14(4-9-26-19)11-20-13(3)21-17/h10-12H,4-9H2,1-3H3,(H,22,23). The number of carbonyl (C=O) groups is 1. The minimum absolute atomic E-state index is 0.0158. The van der Waals surface area contributed by atoms with Crippen LogP contribution in [-0.4, -0.2) is 50.7 Å². The second-order valence-electron chi connectivity index (χ2n) is 7.54. The van der Waals surface area contributed by atoms with Crippen LogP contribution in [0.5, 0.6) is 0 Å². The van der Waals surface area contributed by atoms with Crippen LogP contribution < -0.4 is 0 Å². The topological polar surface area (TPSA) is 84.0 Å². The Morgan fingerprint density at radius 1 is 1.35 bits per heavy atom. The zero-order valence-electron chi connectivity index (χ0n) is 15.6. The summed E-state index contributed by atoms with van der Waals surface area (Å²) in [6, 6.07) is 1.86. The highest BCUT2D eigenvalue weighted by atomic mass is 16.5. The smallest absolute Gasteiger partial charge is 0.274 e. The Hall–Kier alpha value is -2.28. The zero-order chi connectivity index (χ0) is 18.3. The lowest BCUT2D eigenvalue weighted by Gasteiger charge is -2.43. The van der Waals surface area contributed by atoms with Gasteiger partial charge in [-0.05, 0) is 43.7 Å². The summed E-state index contributed by atoms with van der Waals surface area (Å²) in [5.74, 6) is 1.08. The number of nitrogens with zero attached hydrogens (tertiary/aromatic N) is 4. The van der Waals surface area contributed by atoms with Crippen molar-refractivity contribution in [1.29, 1.82) is 0 Å². The third-order valence-electron chi connectivity index (χ3n) is 5.46. The van der Waals surface area contributed by atoms with Gasteiger partial charge in [0.2, 0.25) is 0 Å². The second-order valence-corrected chi connectivity index (χ2v) is 7.54. The van der Waals surface area contributed by atoms with E-state index >= 15 is 0 Å². The Bertz CT molecular complexity index is 821. The molecule has 0 aliphatic carbocycles. The highest BCUT2D eigenvalue weighted by Gasteiger charge is 2.43. The van der Waals surface area contributed by atoms with Crippen molar-refractivity contribution in [1.82, 2.24) is 25.1 Å². The van der Waals surface area contributed by atoms with E-state index in [9.17, 15) is 4.79 Å². The van der Waals surface area contributed by atoms with Gasteiger partial charge in [-0.3, -0.25) is 9.89 Å². The van der Waals surface area contributed by atoms with Crippen LogP contribution in [0.1, 0.15) is 65.9 Å². The van der Waals surface area contributed by atoms with Gasteiger partial charge in [-0.1, -0.05) is 13.8 Å². The van der Waals surface area contributed by atoms with Crippen molar-refractivity contribution in [2.45, 2.75) is 51.6 Å². The fourth-order valence-corrected chi connectivity index (χ4v) is 3.85. The molecular weight excluding hydrogens is 330 g/mol. The Morgan fingerprint density at radius 3 is 2.81 bits per heavy atom. The third kappa shape index (κ3) is 2.90. The van der Waals surface area contributed by atoms with Crippen LogP contribution in [0.15, 0.2) is 12.3 Å². The van der Waals surface area contributed by atoms with Crippen molar-refractivity contribution < 1.29 is 9.53 Å². The molecule has 4 rings (SSSR count). The summed E-state index contributed by atoms with van der Waals surface area (Å²) in [7, 11) is 0. The van der Waals surface area contributed by atoms with E-state index in [1.165, 1.54) is 5.56 Å². The van der Waals surface area contributed by atoms with Gasteiger partial charge < -0.3 is 9.64 Å². The van der Waals surface area contributed by atoms with Crippen LogP contribution in [-0.2, 0) is 16.8 Å². The number of carbonyl (C=O) groups excluding carboxylic acids is 1. The molecule has 4 heterocycles. The highest BCUT2D eigenvalue weighted by Crippen LogP contribution is 2.40. The molecule has 1 N–H and O–H groups in total. The van der Waals surface area contributed by atoms with Crippen molar-refractivity contribution in [2.24, 2.45) is 0 Å². The average molecular weight is 355 g/mol. The molecular formula is C19H25N5O2. The molecule has 1 fully saturated rings. The summed E-state index contributed by atoms with van der Waals surface area (Å²) in [4.78, 5) is 23.7. The van der Waals surface area contributed by atoms with E-state index in [2.05, 4.69) is 34.0 Å². The molecule has 0 radical (unpaired) electrons. The maximum absolute atomic E-state index is 12.8. The largest absolute Gasteiger partial charge is 0.368 e. The predicted octanol–water partition coefficient (Wildman–Crippen LogP) is 2.34. The molecule has 2 aromatic rings. The lowest BCUT2D eigenvalue weighted by molar-refractivity contribution is -0.0969. The minimum atomic E-state index is -0.382. The summed E-state index contributed by atoms with van der Waals surface area (Å²) in [5.41, 5.74) is 3.29. The lowest BCUT2D eigenvalue weighted by atomic mass is 9.83. The first kappa shape index (κ1) is 17.1. The Labute approximate surface area is 153 Å². The number of hydrogen-bond acceptors (Lipinski definition) is 5. The Balaban J connectivity index is 1.51. The number of hydrogen-bond donors (Lipinski definition) is 1. The molecule has 0 aromatic carbocycles. The van der Waals surface area contributed by atoms with Crippen molar-refractivity contribution in [2.75, 3.05) is 19.7 Å². The number of nitrogens with one attached hydrogen (secondary N) is 1. The number of aryl methyl sites for hydroxylation is 1. The van der Waals surface area contributed by atoms with E-state index in [1.807, 2.05) is 24.1 Å². The SMILES string of the molecule is Cc1ncc2c(n1)C1(CCN(C(=O)c3cc(C(C)C)[nH]n3)CC1)OCC2.